The average Bonchev–Trinajstić information content (AvgIpc) is 3.82. The molecule has 0 fully saturated rings. The van der Waals surface area contributed by atoms with Gasteiger partial charge in [0.05, 0.1) is 10.9 Å². The summed E-state index contributed by atoms with van der Waals surface area (Å²) in [5.41, 5.74) is 7.87. The fourth-order valence-corrected chi connectivity index (χ4v) is 9.40. The van der Waals surface area contributed by atoms with Gasteiger partial charge in [-0.15, -0.1) is 0 Å². The van der Waals surface area contributed by atoms with E-state index in [2.05, 4.69) is 120 Å². The van der Waals surface area contributed by atoms with Crippen molar-refractivity contribution < 1.29 is 4.58 Å². The van der Waals surface area contributed by atoms with E-state index in [-0.39, 0.29) is 0 Å². The van der Waals surface area contributed by atoms with Gasteiger partial charge in [-0.2, -0.15) is 4.58 Å². The van der Waals surface area contributed by atoms with Gasteiger partial charge < -0.3 is 4.57 Å². The lowest BCUT2D eigenvalue weighted by molar-refractivity contribution is -0.436. The molecule has 2 heterocycles. The molecule has 0 radical (unpaired) electrons. The van der Waals surface area contributed by atoms with E-state index in [1.54, 1.807) is 0 Å². The summed E-state index contributed by atoms with van der Waals surface area (Å²) in [6.45, 7) is 6.70. The van der Waals surface area contributed by atoms with Crippen molar-refractivity contribution in [3.05, 3.63) is 118 Å². The first-order valence-corrected chi connectivity index (χ1v) is 22.0. The van der Waals surface area contributed by atoms with Crippen LogP contribution >= 0.6 is 11.6 Å². The first kappa shape index (κ1) is 38.4. The highest BCUT2D eigenvalue weighted by Crippen LogP contribution is 2.38. The Bertz CT molecular complexity index is 2210. The molecule has 2 aliphatic rings. The molecule has 7 rings (SSSR count). The Kier molecular flexibility index (Phi) is 13.6. The predicted molar refractivity (Wildman–Crippen MR) is 237 cm³/mol. The Morgan fingerprint density at radius 2 is 1.22 bits per heavy atom. The van der Waals surface area contributed by atoms with Gasteiger partial charge in [-0.3, -0.25) is 0 Å². The summed E-state index contributed by atoms with van der Waals surface area (Å²) in [4.78, 5) is 0. The van der Waals surface area contributed by atoms with E-state index in [0.29, 0.717) is 0 Å². The lowest BCUT2D eigenvalue weighted by Gasteiger charge is -2.07. The van der Waals surface area contributed by atoms with Crippen molar-refractivity contribution in [2.24, 2.45) is 0 Å². The van der Waals surface area contributed by atoms with Crippen molar-refractivity contribution in [2.75, 3.05) is 6.54 Å². The molecular formula is C51H62ClN2+. The molecule has 282 valence electrons. The second kappa shape index (κ2) is 19.1. The fraction of sp³-hybridized carbons (Fsp3) is 0.431. The van der Waals surface area contributed by atoms with Crippen LogP contribution in [0.25, 0.3) is 38.5 Å². The minimum atomic E-state index is 0.926. The quantitative estimate of drug-likeness (QED) is 0.0523. The molecule has 1 aliphatic heterocycles. The second-order valence-electron chi connectivity index (χ2n) is 15.9. The molecule has 2 nitrogen and oxygen atoms in total. The zero-order chi connectivity index (χ0) is 37.1. The van der Waals surface area contributed by atoms with Crippen LogP contribution in [0.3, 0.4) is 0 Å². The van der Waals surface area contributed by atoms with E-state index >= 15 is 0 Å². The Morgan fingerprint density at radius 3 is 1.94 bits per heavy atom. The van der Waals surface area contributed by atoms with E-state index < -0.39 is 0 Å². The Balaban J connectivity index is 1.12. The molecule has 0 saturated carbocycles. The number of benzene rings is 4. The van der Waals surface area contributed by atoms with Crippen LogP contribution in [0.15, 0.2) is 107 Å². The van der Waals surface area contributed by atoms with Crippen LogP contribution in [0.4, 0.5) is 5.69 Å². The largest absolute Gasteiger partial charge is 0.340 e. The molecule has 54 heavy (non-hydrogen) atoms. The Labute approximate surface area is 330 Å². The number of halogens is 1. The fourth-order valence-electron chi connectivity index (χ4n) is 9.09. The maximum absolute atomic E-state index is 7.25. The smallest absolute Gasteiger partial charge is 0.214 e. The number of rotatable bonds is 21. The summed E-state index contributed by atoms with van der Waals surface area (Å²) in [6.07, 6.45) is 32.7. The van der Waals surface area contributed by atoms with E-state index in [4.69, 9.17) is 11.6 Å². The Morgan fingerprint density at radius 1 is 0.611 bits per heavy atom. The SMILES string of the molecule is CCCCCCCCCCn1c(=CC=C2CCC(C=CC3=[N+](CCCCCCCCCC)c4cccc5cccc3c45)=C2Cl)c2cccc3cccc1c32. The van der Waals surface area contributed by atoms with E-state index in [1.807, 2.05) is 0 Å². The monoisotopic (exact) mass is 737 g/mol. The van der Waals surface area contributed by atoms with Gasteiger partial charge in [-0.1, -0.05) is 176 Å². The molecule has 4 aromatic carbocycles. The molecule has 1 aliphatic carbocycles. The van der Waals surface area contributed by atoms with Gasteiger partial charge >= 0.3 is 0 Å². The molecule has 0 atom stereocenters. The number of hydrogen-bond acceptors (Lipinski definition) is 0. The highest BCUT2D eigenvalue weighted by molar-refractivity contribution is 6.33. The molecule has 0 N–H and O–H groups in total. The summed E-state index contributed by atoms with van der Waals surface area (Å²) in [6, 6.07) is 27.1. The first-order chi connectivity index (χ1) is 26.7. The van der Waals surface area contributed by atoms with E-state index in [1.165, 1.54) is 169 Å². The van der Waals surface area contributed by atoms with Crippen molar-refractivity contribution >= 4 is 61.5 Å². The number of aromatic nitrogens is 1. The van der Waals surface area contributed by atoms with Crippen molar-refractivity contribution in [1.29, 1.82) is 0 Å². The molecular weight excluding hydrogens is 676 g/mol. The summed E-state index contributed by atoms with van der Waals surface area (Å²) >= 11 is 7.25. The van der Waals surface area contributed by atoms with Crippen LogP contribution in [-0.4, -0.2) is 21.4 Å². The maximum atomic E-state index is 7.25. The number of hydrogen-bond donors (Lipinski definition) is 0. The number of nitrogens with zero attached hydrogens (tertiary/aromatic N) is 2. The van der Waals surface area contributed by atoms with Crippen molar-refractivity contribution in [1.82, 2.24) is 4.57 Å². The van der Waals surface area contributed by atoms with Crippen molar-refractivity contribution in [3.63, 3.8) is 0 Å². The van der Waals surface area contributed by atoms with Gasteiger partial charge in [-0.25, -0.2) is 0 Å². The summed E-state index contributed by atoms with van der Waals surface area (Å²) in [5, 5.41) is 9.02. The highest BCUT2D eigenvalue weighted by Gasteiger charge is 2.30. The van der Waals surface area contributed by atoms with Crippen LogP contribution in [0.1, 0.15) is 135 Å². The van der Waals surface area contributed by atoms with Gasteiger partial charge in [0, 0.05) is 51.8 Å². The average molecular weight is 739 g/mol. The van der Waals surface area contributed by atoms with Crippen molar-refractivity contribution in [2.45, 2.75) is 136 Å². The van der Waals surface area contributed by atoms with Crippen LogP contribution in [0.2, 0.25) is 0 Å². The van der Waals surface area contributed by atoms with Crippen LogP contribution in [0.5, 0.6) is 0 Å². The van der Waals surface area contributed by atoms with E-state index in [9.17, 15) is 0 Å². The van der Waals surface area contributed by atoms with Crippen molar-refractivity contribution in [3.8, 4) is 0 Å². The second-order valence-corrected chi connectivity index (χ2v) is 16.3. The zero-order valence-electron chi connectivity index (χ0n) is 33.2. The van der Waals surface area contributed by atoms with Gasteiger partial charge in [0.15, 0.2) is 0 Å². The summed E-state index contributed by atoms with van der Waals surface area (Å²) in [5.74, 6) is 0. The number of allylic oxidation sites excluding steroid dienone is 6. The molecule has 3 heteroatoms. The lowest BCUT2D eigenvalue weighted by Crippen LogP contribution is -2.16. The topological polar surface area (TPSA) is 7.94 Å². The van der Waals surface area contributed by atoms with Crippen LogP contribution in [-0.2, 0) is 6.54 Å². The third kappa shape index (κ3) is 8.65. The highest BCUT2D eigenvalue weighted by atomic mass is 35.5. The third-order valence-corrected chi connectivity index (χ3v) is 12.5. The van der Waals surface area contributed by atoms with Gasteiger partial charge in [-0.05, 0) is 65.8 Å². The minimum absolute atomic E-state index is 0.926. The third-order valence-electron chi connectivity index (χ3n) is 12.1. The molecule has 0 spiro atoms. The standard InChI is InChI=1S/C51H62ClN2/c1-3-5-7-9-11-13-15-17-37-53-45(43-27-19-23-39-25-21-29-47(53)49(39)43)35-33-41-31-32-42(51(41)52)34-36-46-44-28-20-24-40-26-22-30-48(50(40)44)54(46)38-18-16-14-12-10-8-6-4-2/h19-30,33-36H,3-18,31-32,37-38H2,1-2H3/q+1. The zero-order valence-corrected chi connectivity index (χ0v) is 33.9. The normalized spacial score (nSPS) is 15.7. The number of unbranched alkanes of at least 4 members (excludes halogenated alkanes) is 14. The lowest BCUT2D eigenvalue weighted by atomic mass is 10.0. The van der Waals surface area contributed by atoms with Gasteiger partial charge in [0.25, 0.3) is 0 Å². The minimum Gasteiger partial charge on any atom is -0.340 e. The molecule has 0 amide bonds. The van der Waals surface area contributed by atoms with Crippen LogP contribution < -0.4 is 5.35 Å². The molecule has 0 bridgehead atoms. The molecule has 5 aromatic rings. The predicted octanol–water partition coefficient (Wildman–Crippen LogP) is 14.6. The molecule has 1 aromatic heterocycles. The van der Waals surface area contributed by atoms with Crippen LogP contribution in [0, 0.1) is 0 Å². The first-order valence-electron chi connectivity index (χ1n) is 21.6. The number of aryl methyl sites for hydroxylation is 1. The molecule has 0 saturated heterocycles. The summed E-state index contributed by atoms with van der Waals surface area (Å²) < 4.78 is 5.16. The molecule has 0 unspecified atom stereocenters. The van der Waals surface area contributed by atoms with E-state index in [0.717, 1.165) is 31.0 Å². The van der Waals surface area contributed by atoms with Gasteiger partial charge in [0.1, 0.15) is 6.54 Å². The van der Waals surface area contributed by atoms with Gasteiger partial charge in [0.2, 0.25) is 11.4 Å². The summed E-state index contributed by atoms with van der Waals surface area (Å²) in [7, 11) is 0. The Hall–Kier alpha value is -3.88. The maximum Gasteiger partial charge on any atom is 0.214 e.